The van der Waals surface area contributed by atoms with Crippen LogP contribution in [-0.4, -0.2) is 21.1 Å². The Hall–Kier alpha value is -1.88. The average Bonchev–Trinajstić information content (AvgIpc) is 2.76. The maximum atomic E-state index is 11.8. The van der Waals surface area contributed by atoms with Gasteiger partial charge in [0, 0.05) is 5.02 Å². The average molecular weight is 265 g/mol. The van der Waals surface area contributed by atoms with Crippen LogP contribution in [0.25, 0.3) is 0 Å². The predicted molar refractivity (Wildman–Crippen MR) is 68.5 cm³/mol. The molecule has 6 heteroatoms. The number of aromatic amines is 1. The van der Waals surface area contributed by atoms with Gasteiger partial charge in [-0.25, -0.2) is 4.98 Å². The van der Waals surface area contributed by atoms with E-state index in [1.165, 1.54) is 0 Å². The largest absolute Gasteiger partial charge is 0.343 e. The van der Waals surface area contributed by atoms with Gasteiger partial charge in [0.05, 0.1) is 6.04 Å². The zero-order chi connectivity index (χ0) is 13.1. The molecule has 0 spiro atoms. The summed E-state index contributed by atoms with van der Waals surface area (Å²) in [5.41, 5.74) is 0.972. The minimum atomic E-state index is -0.304. The molecule has 1 unspecified atom stereocenters. The predicted octanol–water partition coefficient (Wildman–Crippen LogP) is 2.26. The summed E-state index contributed by atoms with van der Waals surface area (Å²) in [5, 5.41) is 9.92. The third-order valence-electron chi connectivity index (χ3n) is 2.52. The van der Waals surface area contributed by atoms with Crippen molar-refractivity contribution >= 4 is 17.5 Å². The molecule has 0 saturated carbocycles. The van der Waals surface area contributed by atoms with E-state index in [1.807, 2.05) is 19.1 Å². The Kier molecular flexibility index (Phi) is 3.62. The molecular weight excluding hydrogens is 252 g/mol. The minimum Gasteiger partial charge on any atom is -0.343 e. The smallest absolute Gasteiger partial charge is 0.291 e. The van der Waals surface area contributed by atoms with Crippen molar-refractivity contribution in [2.24, 2.45) is 0 Å². The summed E-state index contributed by atoms with van der Waals surface area (Å²) in [6, 6.07) is 7.19. The number of amides is 1. The van der Waals surface area contributed by atoms with Crippen LogP contribution in [0.5, 0.6) is 0 Å². The van der Waals surface area contributed by atoms with Crippen molar-refractivity contribution in [1.29, 1.82) is 0 Å². The minimum absolute atomic E-state index is 0.131. The first kappa shape index (κ1) is 12.6. The summed E-state index contributed by atoms with van der Waals surface area (Å²) in [4.78, 5) is 15.8. The molecule has 2 aromatic rings. The molecule has 0 bridgehead atoms. The first-order chi connectivity index (χ1) is 8.56. The number of H-pyrrole nitrogens is 1. The van der Waals surface area contributed by atoms with Crippen molar-refractivity contribution in [3.8, 4) is 0 Å². The molecule has 1 aromatic heterocycles. The molecule has 0 fully saturated rings. The van der Waals surface area contributed by atoms with Gasteiger partial charge in [-0.15, -0.1) is 5.10 Å². The lowest BCUT2D eigenvalue weighted by Gasteiger charge is -2.12. The highest BCUT2D eigenvalue weighted by atomic mass is 35.5. The van der Waals surface area contributed by atoms with Crippen molar-refractivity contribution < 1.29 is 4.79 Å². The maximum Gasteiger partial charge on any atom is 0.291 e. The van der Waals surface area contributed by atoms with Gasteiger partial charge in [0.15, 0.2) is 0 Å². The Morgan fingerprint density at radius 1 is 1.39 bits per heavy atom. The van der Waals surface area contributed by atoms with Crippen molar-refractivity contribution in [3.05, 3.63) is 46.5 Å². The number of aromatic nitrogens is 3. The lowest BCUT2D eigenvalue weighted by Crippen LogP contribution is -2.27. The third kappa shape index (κ3) is 2.87. The van der Waals surface area contributed by atoms with Crippen LogP contribution in [0.3, 0.4) is 0 Å². The molecule has 0 aliphatic heterocycles. The summed E-state index contributed by atoms with van der Waals surface area (Å²) in [6.45, 7) is 3.63. The summed E-state index contributed by atoms with van der Waals surface area (Å²) in [5.74, 6) is 0.453. The van der Waals surface area contributed by atoms with Crippen LogP contribution in [0, 0.1) is 6.92 Å². The number of rotatable bonds is 3. The normalized spacial score (nSPS) is 12.2. The number of carbonyl (C=O) groups is 1. The molecule has 1 amide bonds. The Balaban J connectivity index is 2.05. The lowest BCUT2D eigenvalue weighted by molar-refractivity contribution is 0.0929. The number of hydrogen-bond acceptors (Lipinski definition) is 3. The lowest BCUT2D eigenvalue weighted by atomic mass is 10.1. The highest BCUT2D eigenvalue weighted by molar-refractivity contribution is 6.30. The van der Waals surface area contributed by atoms with Crippen LogP contribution in [0.1, 0.15) is 35.0 Å². The fourth-order valence-corrected chi connectivity index (χ4v) is 1.67. The molecule has 1 aromatic carbocycles. The molecule has 5 nitrogen and oxygen atoms in total. The van der Waals surface area contributed by atoms with E-state index in [9.17, 15) is 4.79 Å². The maximum absolute atomic E-state index is 11.8. The second kappa shape index (κ2) is 5.18. The third-order valence-corrected chi connectivity index (χ3v) is 2.77. The number of hydrogen-bond donors (Lipinski definition) is 2. The second-order valence-electron chi connectivity index (χ2n) is 3.99. The van der Waals surface area contributed by atoms with Crippen LogP contribution in [-0.2, 0) is 0 Å². The number of nitrogens with one attached hydrogen (secondary N) is 2. The fourth-order valence-electron chi connectivity index (χ4n) is 1.54. The molecule has 1 atom stereocenters. The van der Waals surface area contributed by atoms with Gasteiger partial charge in [0.1, 0.15) is 5.82 Å². The second-order valence-corrected chi connectivity index (χ2v) is 4.43. The molecule has 0 aliphatic rings. The number of carbonyl (C=O) groups excluding carboxylic acids is 1. The quantitative estimate of drug-likeness (QED) is 0.893. The molecule has 18 heavy (non-hydrogen) atoms. The summed E-state index contributed by atoms with van der Waals surface area (Å²) >= 11 is 5.81. The van der Waals surface area contributed by atoms with E-state index in [0.717, 1.165) is 5.56 Å². The van der Waals surface area contributed by atoms with Crippen molar-refractivity contribution in [2.75, 3.05) is 0 Å². The fraction of sp³-hybridized carbons (Fsp3) is 0.250. The van der Waals surface area contributed by atoms with E-state index in [2.05, 4.69) is 20.5 Å². The monoisotopic (exact) mass is 264 g/mol. The van der Waals surface area contributed by atoms with E-state index < -0.39 is 0 Å². The SMILES string of the molecule is Cc1nc(C(=O)NC(C)c2ccc(Cl)cc2)n[nH]1. The molecule has 2 rings (SSSR count). The molecule has 0 saturated heterocycles. The van der Waals surface area contributed by atoms with Gasteiger partial charge in [-0.1, -0.05) is 23.7 Å². The number of aryl methyl sites for hydroxylation is 1. The van der Waals surface area contributed by atoms with Gasteiger partial charge >= 0.3 is 0 Å². The topological polar surface area (TPSA) is 70.7 Å². The van der Waals surface area contributed by atoms with Crippen LogP contribution < -0.4 is 5.32 Å². The van der Waals surface area contributed by atoms with E-state index in [4.69, 9.17) is 11.6 Å². The summed E-state index contributed by atoms with van der Waals surface area (Å²) < 4.78 is 0. The molecule has 0 aliphatic carbocycles. The van der Waals surface area contributed by atoms with Crippen LogP contribution in [0.4, 0.5) is 0 Å². The number of nitrogens with zero attached hydrogens (tertiary/aromatic N) is 2. The van der Waals surface area contributed by atoms with Gasteiger partial charge in [-0.3, -0.25) is 9.89 Å². The highest BCUT2D eigenvalue weighted by Gasteiger charge is 2.14. The van der Waals surface area contributed by atoms with Crippen LogP contribution in [0.2, 0.25) is 5.02 Å². The first-order valence-corrected chi connectivity index (χ1v) is 5.89. The van der Waals surface area contributed by atoms with E-state index in [0.29, 0.717) is 10.8 Å². The Morgan fingerprint density at radius 2 is 2.06 bits per heavy atom. The van der Waals surface area contributed by atoms with Gasteiger partial charge in [-0.05, 0) is 31.5 Å². The van der Waals surface area contributed by atoms with Crippen molar-refractivity contribution in [3.63, 3.8) is 0 Å². The number of halogens is 1. The van der Waals surface area contributed by atoms with Crippen molar-refractivity contribution in [1.82, 2.24) is 20.5 Å². The highest BCUT2D eigenvalue weighted by Crippen LogP contribution is 2.16. The Labute approximate surface area is 110 Å². The van der Waals surface area contributed by atoms with E-state index in [-0.39, 0.29) is 17.8 Å². The van der Waals surface area contributed by atoms with Crippen LogP contribution >= 0.6 is 11.6 Å². The molecular formula is C12H13ClN4O. The van der Waals surface area contributed by atoms with Gasteiger partial charge < -0.3 is 5.32 Å². The Morgan fingerprint density at radius 3 is 2.61 bits per heavy atom. The first-order valence-electron chi connectivity index (χ1n) is 5.51. The van der Waals surface area contributed by atoms with Gasteiger partial charge in [-0.2, -0.15) is 0 Å². The molecule has 94 valence electrons. The molecule has 1 heterocycles. The van der Waals surface area contributed by atoms with E-state index >= 15 is 0 Å². The van der Waals surface area contributed by atoms with Gasteiger partial charge in [0.25, 0.3) is 5.91 Å². The van der Waals surface area contributed by atoms with E-state index in [1.54, 1.807) is 19.1 Å². The zero-order valence-electron chi connectivity index (χ0n) is 10.1. The number of benzene rings is 1. The Bertz CT molecular complexity index is 549. The molecule has 0 radical (unpaired) electrons. The molecule has 2 N–H and O–H groups in total. The van der Waals surface area contributed by atoms with Crippen molar-refractivity contribution in [2.45, 2.75) is 19.9 Å². The van der Waals surface area contributed by atoms with Crippen LogP contribution in [0.15, 0.2) is 24.3 Å². The standard InChI is InChI=1S/C12H13ClN4O/c1-7(9-3-5-10(13)6-4-9)14-12(18)11-15-8(2)16-17-11/h3-7H,1-2H3,(H,14,18)(H,15,16,17). The zero-order valence-corrected chi connectivity index (χ0v) is 10.8. The van der Waals surface area contributed by atoms with Gasteiger partial charge in [0.2, 0.25) is 5.82 Å². The summed E-state index contributed by atoms with van der Waals surface area (Å²) in [7, 11) is 0. The summed E-state index contributed by atoms with van der Waals surface area (Å²) in [6.07, 6.45) is 0.